The number of benzene rings is 2. The molecule has 0 N–H and O–H groups in total. The van der Waals surface area contributed by atoms with Crippen LogP contribution in [0.2, 0.25) is 5.02 Å². The van der Waals surface area contributed by atoms with Crippen LogP contribution in [0.3, 0.4) is 0 Å². The Hall–Kier alpha value is -2.24. The third-order valence-corrected chi connectivity index (χ3v) is 6.99. The predicted molar refractivity (Wildman–Crippen MR) is 129 cm³/mol. The topological polar surface area (TPSA) is 38.1 Å². The van der Waals surface area contributed by atoms with E-state index in [0.29, 0.717) is 11.7 Å². The van der Waals surface area contributed by atoms with Gasteiger partial charge in [0.2, 0.25) is 5.91 Å². The van der Waals surface area contributed by atoms with E-state index < -0.39 is 0 Å². The summed E-state index contributed by atoms with van der Waals surface area (Å²) in [6.07, 6.45) is 5.13. The number of rotatable bonds is 7. The summed E-state index contributed by atoms with van der Waals surface area (Å²) in [4.78, 5) is 19.5. The molecule has 1 atom stereocenters. The Balaban J connectivity index is 1.51. The number of carbonyl (C=O) groups excluding carboxylic acids is 1. The molecule has 1 aliphatic rings. The number of hydrogen-bond acceptors (Lipinski definition) is 3. The summed E-state index contributed by atoms with van der Waals surface area (Å²) < 4.78 is 2.23. The summed E-state index contributed by atoms with van der Waals surface area (Å²) in [5.74, 6) is 1.23. The number of likely N-dealkylation sites (tertiary alicyclic amines) is 1. The molecule has 1 fully saturated rings. The summed E-state index contributed by atoms with van der Waals surface area (Å²) in [5, 5.41) is 1.61. The molecule has 0 aliphatic carbocycles. The van der Waals surface area contributed by atoms with Crippen molar-refractivity contribution < 1.29 is 4.79 Å². The van der Waals surface area contributed by atoms with Crippen molar-refractivity contribution in [3.63, 3.8) is 0 Å². The van der Waals surface area contributed by atoms with Crippen molar-refractivity contribution in [1.82, 2.24) is 14.5 Å². The number of piperidine rings is 1. The maximum atomic E-state index is 12.8. The van der Waals surface area contributed by atoms with Crippen LogP contribution in [0.5, 0.6) is 0 Å². The van der Waals surface area contributed by atoms with Gasteiger partial charge in [0, 0.05) is 24.7 Å². The first kappa shape index (κ1) is 22.0. The number of imidazole rings is 1. The molecule has 0 unspecified atom stereocenters. The Morgan fingerprint density at radius 1 is 1.16 bits per heavy atom. The molecule has 0 spiro atoms. The van der Waals surface area contributed by atoms with Crippen LogP contribution in [0.25, 0.3) is 11.3 Å². The number of amides is 1. The molecule has 6 heteroatoms. The molecular formula is C25H28ClN3OS. The average molecular weight is 454 g/mol. The third kappa shape index (κ3) is 5.72. The number of nitrogens with zero attached hydrogens (tertiary/aromatic N) is 3. The van der Waals surface area contributed by atoms with Crippen LogP contribution in [-0.4, -0.2) is 39.2 Å². The van der Waals surface area contributed by atoms with E-state index in [1.807, 2.05) is 41.4 Å². The molecule has 1 aromatic heterocycles. The zero-order chi connectivity index (χ0) is 21.6. The number of carbonyl (C=O) groups is 1. The van der Waals surface area contributed by atoms with Crippen LogP contribution in [-0.2, 0) is 17.8 Å². The molecule has 1 amide bonds. The SMILES string of the molecule is C[C@@H]1CCCN(C(=O)CSc2ncc(-c3ccc(Cl)cc3)n2CCc2ccccc2)C1. The van der Waals surface area contributed by atoms with Crippen molar-refractivity contribution in [1.29, 1.82) is 0 Å². The van der Waals surface area contributed by atoms with E-state index in [1.165, 1.54) is 23.7 Å². The van der Waals surface area contributed by atoms with Crippen LogP contribution >= 0.6 is 23.4 Å². The van der Waals surface area contributed by atoms with Crippen molar-refractivity contribution in [2.75, 3.05) is 18.8 Å². The lowest BCUT2D eigenvalue weighted by Gasteiger charge is -2.30. The predicted octanol–water partition coefficient (Wildman–Crippen LogP) is 5.80. The van der Waals surface area contributed by atoms with Gasteiger partial charge in [-0.15, -0.1) is 0 Å². The fourth-order valence-corrected chi connectivity index (χ4v) is 5.09. The molecule has 0 bridgehead atoms. The Kier molecular flexibility index (Phi) is 7.36. The molecule has 2 aromatic carbocycles. The van der Waals surface area contributed by atoms with E-state index in [1.54, 1.807) is 0 Å². The summed E-state index contributed by atoms with van der Waals surface area (Å²) in [6.45, 7) is 4.78. The van der Waals surface area contributed by atoms with E-state index >= 15 is 0 Å². The first-order valence-electron chi connectivity index (χ1n) is 10.9. The molecule has 3 aromatic rings. The fourth-order valence-electron chi connectivity index (χ4n) is 4.06. The van der Waals surface area contributed by atoms with Crippen molar-refractivity contribution in [2.45, 2.75) is 37.9 Å². The summed E-state index contributed by atoms with van der Waals surface area (Å²) in [6, 6.07) is 18.3. The number of aryl methyl sites for hydroxylation is 1. The number of aromatic nitrogens is 2. The molecule has 31 heavy (non-hydrogen) atoms. The zero-order valence-corrected chi connectivity index (χ0v) is 19.4. The van der Waals surface area contributed by atoms with Crippen molar-refractivity contribution in [3.05, 3.63) is 71.4 Å². The largest absolute Gasteiger partial charge is 0.342 e. The lowest BCUT2D eigenvalue weighted by atomic mass is 10.0. The second-order valence-electron chi connectivity index (χ2n) is 8.20. The minimum atomic E-state index is 0.210. The molecular weight excluding hydrogens is 426 g/mol. The second kappa shape index (κ2) is 10.4. The lowest BCUT2D eigenvalue weighted by molar-refractivity contribution is -0.130. The van der Waals surface area contributed by atoms with Gasteiger partial charge in [-0.1, -0.05) is 72.8 Å². The molecule has 1 aliphatic heterocycles. The van der Waals surface area contributed by atoms with Crippen LogP contribution in [0.1, 0.15) is 25.3 Å². The van der Waals surface area contributed by atoms with Crippen LogP contribution in [0, 0.1) is 5.92 Å². The molecule has 0 saturated carbocycles. The van der Waals surface area contributed by atoms with Gasteiger partial charge in [0.05, 0.1) is 17.6 Å². The van der Waals surface area contributed by atoms with Crippen molar-refractivity contribution in [2.24, 2.45) is 5.92 Å². The Bertz CT molecular complexity index is 1000. The molecule has 2 heterocycles. The molecule has 1 saturated heterocycles. The van der Waals surface area contributed by atoms with Gasteiger partial charge in [0.15, 0.2) is 5.16 Å². The monoisotopic (exact) mass is 453 g/mol. The van der Waals surface area contributed by atoms with Crippen LogP contribution in [0.4, 0.5) is 0 Å². The first-order chi connectivity index (χ1) is 15.1. The zero-order valence-electron chi connectivity index (χ0n) is 17.8. The highest BCUT2D eigenvalue weighted by Gasteiger charge is 2.22. The highest BCUT2D eigenvalue weighted by atomic mass is 35.5. The molecule has 0 radical (unpaired) electrons. The Morgan fingerprint density at radius 2 is 1.94 bits per heavy atom. The quantitative estimate of drug-likeness (QED) is 0.424. The molecule has 4 nitrogen and oxygen atoms in total. The highest BCUT2D eigenvalue weighted by molar-refractivity contribution is 7.99. The van der Waals surface area contributed by atoms with Gasteiger partial charge < -0.3 is 9.47 Å². The summed E-state index contributed by atoms with van der Waals surface area (Å²) in [7, 11) is 0. The molecule has 4 rings (SSSR count). The maximum Gasteiger partial charge on any atom is 0.233 e. The standard InChI is InChI=1S/C25H28ClN3OS/c1-19-6-5-14-28(17-19)24(30)18-31-25-27-16-23(21-9-11-22(26)12-10-21)29(25)15-13-20-7-3-2-4-8-20/h2-4,7-12,16,19H,5-6,13-15,17-18H2,1H3/t19-/m1/s1. The van der Waals surface area contributed by atoms with E-state index in [9.17, 15) is 4.79 Å². The van der Waals surface area contributed by atoms with Gasteiger partial charge in [-0.05, 0) is 48.4 Å². The minimum Gasteiger partial charge on any atom is -0.342 e. The summed E-state index contributed by atoms with van der Waals surface area (Å²) >= 11 is 7.62. The number of thioether (sulfide) groups is 1. The van der Waals surface area contributed by atoms with Crippen LogP contribution in [0.15, 0.2) is 66.0 Å². The minimum absolute atomic E-state index is 0.210. The lowest BCUT2D eigenvalue weighted by Crippen LogP contribution is -2.40. The van der Waals surface area contributed by atoms with E-state index in [0.717, 1.165) is 53.9 Å². The normalized spacial score (nSPS) is 16.5. The number of halogens is 1. The van der Waals surface area contributed by atoms with E-state index in [2.05, 4.69) is 40.7 Å². The highest BCUT2D eigenvalue weighted by Crippen LogP contribution is 2.28. The maximum absolute atomic E-state index is 12.8. The first-order valence-corrected chi connectivity index (χ1v) is 12.2. The summed E-state index contributed by atoms with van der Waals surface area (Å²) in [5.41, 5.74) is 3.41. The van der Waals surface area contributed by atoms with Crippen molar-refractivity contribution in [3.8, 4) is 11.3 Å². The van der Waals surface area contributed by atoms with Gasteiger partial charge in [0.1, 0.15) is 0 Å². The van der Waals surface area contributed by atoms with Crippen molar-refractivity contribution >= 4 is 29.3 Å². The smallest absolute Gasteiger partial charge is 0.233 e. The van der Waals surface area contributed by atoms with Gasteiger partial charge in [-0.3, -0.25) is 4.79 Å². The van der Waals surface area contributed by atoms with Gasteiger partial charge in [0.25, 0.3) is 0 Å². The molecule has 162 valence electrons. The van der Waals surface area contributed by atoms with Crippen LogP contribution < -0.4 is 0 Å². The van der Waals surface area contributed by atoms with E-state index in [-0.39, 0.29) is 5.91 Å². The Morgan fingerprint density at radius 3 is 2.68 bits per heavy atom. The Labute approximate surface area is 193 Å². The van der Waals surface area contributed by atoms with E-state index in [4.69, 9.17) is 11.6 Å². The van der Waals surface area contributed by atoms with Gasteiger partial charge >= 0.3 is 0 Å². The van der Waals surface area contributed by atoms with Gasteiger partial charge in [-0.2, -0.15) is 0 Å². The average Bonchev–Trinajstić information content (AvgIpc) is 3.20. The second-order valence-corrected chi connectivity index (χ2v) is 9.57. The van der Waals surface area contributed by atoms with Gasteiger partial charge in [-0.25, -0.2) is 4.98 Å². The number of hydrogen-bond donors (Lipinski definition) is 0. The third-order valence-electron chi connectivity index (χ3n) is 5.76. The fraction of sp³-hybridized carbons (Fsp3) is 0.360.